The zero-order chi connectivity index (χ0) is 16.0. The maximum atomic E-state index is 12.6. The van der Waals surface area contributed by atoms with Crippen molar-refractivity contribution in [2.45, 2.75) is 32.5 Å². The second-order valence-corrected chi connectivity index (χ2v) is 5.82. The third-order valence-electron chi connectivity index (χ3n) is 2.70. The number of alkyl halides is 3. The summed E-state index contributed by atoms with van der Waals surface area (Å²) in [6, 6.07) is 1.43. The fraction of sp³-hybridized carbons (Fsp3) is 0.538. The lowest BCUT2D eigenvalue weighted by molar-refractivity contribution is -0.141. The fourth-order valence-electron chi connectivity index (χ4n) is 1.61. The smallest absolute Gasteiger partial charge is 0.433 e. The average molecular weight is 322 g/mol. The van der Waals surface area contributed by atoms with Crippen LogP contribution in [0.1, 0.15) is 36.3 Å². The first-order valence-electron chi connectivity index (χ1n) is 6.41. The lowest BCUT2D eigenvalue weighted by atomic mass is 10.2. The highest BCUT2D eigenvalue weighted by Gasteiger charge is 2.33. The molecule has 1 rings (SSSR count). The largest absolute Gasteiger partial charge is 0.478 e. The van der Waals surface area contributed by atoms with Crippen LogP contribution < -0.4 is 5.32 Å². The summed E-state index contributed by atoms with van der Waals surface area (Å²) in [5, 5.41) is 11.8. The molecule has 0 aliphatic heterocycles. The molecule has 21 heavy (non-hydrogen) atoms. The van der Waals surface area contributed by atoms with Gasteiger partial charge in [0.2, 0.25) is 0 Å². The van der Waals surface area contributed by atoms with Crippen LogP contribution in [0.3, 0.4) is 0 Å². The maximum absolute atomic E-state index is 12.6. The number of aromatic carboxylic acids is 1. The summed E-state index contributed by atoms with van der Waals surface area (Å²) < 4.78 is 37.9. The summed E-state index contributed by atoms with van der Waals surface area (Å²) in [5.41, 5.74) is -1.37. The van der Waals surface area contributed by atoms with Crippen LogP contribution in [0.15, 0.2) is 12.1 Å². The van der Waals surface area contributed by atoms with Gasteiger partial charge in [0.15, 0.2) is 0 Å². The summed E-state index contributed by atoms with van der Waals surface area (Å²) in [5.74, 6) is 0.237. The number of nitrogens with one attached hydrogen (secondary N) is 1. The number of carbonyl (C=O) groups is 1. The highest BCUT2D eigenvalue weighted by atomic mass is 32.2. The predicted octanol–water partition coefficient (Wildman–Crippen LogP) is 3.74. The van der Waals surface area contributed by atoms with E-state index in [2.05, 4.69) is 10.3 Å². The van der Waals surface area contributed by atoms with Gasteiger partial charge < -0.3 is 10.4 Å². The number of hydrogen-bond donors (Lipinski definition) is 2. The standard InChI is InChI=1S/C13H17F3N2O2S/c1-3-21-7-6-8(2)17-11-9(12(19)20)4-5-10(18-11)13(14,15)16/h4-5,8H,3,6-7H2,1-2H3,(H,17,18)(H,19,20). The molecule has 0 spiro atoms. The molecule has 118 valence electrons. The number of nitrogens with zero attached hydrogens (tertiary/aromatic N) is 1. The third-order valence-corrected chi connectivity index (χ3v) is 3.63. The van der Waals surface area contributed by atoms with Gasteiger partial charge in [0, 0.05) is 6.04 Å². The Labute approximate surface area is 125 Å². The molecule has 0 fully saturated rings. The lowest BCUT2D eigenvalue weighted by Gasteiger charge is -2.17. The van der Waals surface area contributed by atoms with Gasteiger partial charge in [-0.1, -0.05) is 6.92 Å². The minimum absolute atomic E-state index is 0.168. The molecule has 0 amide bonds. The molecule has 1 unspecified atom stereocenters. The Morgan fingerprint density at radius 2 is 2.14 bits per heavy atom. The molecular weight excluding hydrogens is 305 g/mol. The first-order chi connectivity index (χ1) is 9.75. The highest BCUT2D eigenvalue weighted by molar-refractivity contribution is 7.99. The van der Waals surface area contributed by atoms with Gasteiger partial charge in [-0.3, -0.25) is 0 Å². The Hall–Kier alpha value is -1.44. The number of hydrogen-bond acceptors (Lipinski definition) is 4. The van der Waals surface area contributed by atoms with Crippen LogP contribution in [0.5, 0.6) is 0 Å². The molecule has 2 N–H and O–H groups in total. The van der Waals surface area contributed by atoms with E-state index in [1.54, 1.807) is 18.7 Å². The van der Waals surface area contributed by atoms with Crippen molar-refractivity contribution in [3.63, 3.8) is 0 Å². The Morgan fingerprint density at radius 1 is 1.48 bits per heavy atom. The number of pyridine rings is 1. The van der Waals surface area contributed by atoms with Crippen LogP contribution in [-0.2, 0) is 6.18 Å². The van der Waals surface area contributed by atoms with E-state index < -0.39 is 17.8 Å². The molecular formula is C13H17F3N2O2S. The monoisotopic (exact) mass is 322 g/mol. The molecule has 0 aliphatic carbocycles. The molecule has 0 saturated carbocycles. The van der Waals surface area contributed by atoms with E-state index in [-0.39, 0.29) is 17.4 Å². The van der Waals surface area contributed by atoms with E-state index in [1.807, 2.05) is 6.92 Å². The number of carboxylic acids is 1. The van der Waals surface area contributed by atoms with Gasteiger partial charge >= 0.3 is 12.1 Å². The minimum atomic E-state index is -4.60. The van der Waals surface area contributed by atoms with E-state index in [1.165, 1.54) is 0 Å². The fourth-order valence-corrected chi connectivity index (χ4v) is 2.42. The maximum Gasteiger partial charge on any atom is 0.433 e. The molecule has 0 radical (unpaired) electrons. The van der Waals surface area contributed by atoms with Crippen molar-refractivity contribution in [3.8, 4) is 0 Å². The second-order valence-electron chi connectivity index (χ2n) is 4.43. The van der Waals surface area contributed by atoms with Gasteiger partial charge in [-0.05, 0) is 37.0 Å². The van der Waals surface area contributed by atoms with Gasteiger partial charge in [-0.25, -0.2) is 9.78 Å². The van der Waals surface area contributed by atoms with Gasteiger partial charge in [0.25, 0.3) is 0 Å². The molecule has 8 heteroatoms. The first kappa shape index (κ1) is 17.6. The van der Waals surface area contributed by atoms with Crippen LogP contribution in [0.25, 0.3) is 0 Å². The summed E-state index contributed by atoms with van der Waals surface area (Å²) >= 11 is 1.71. The zero-order valence-corrected chi connectivity index (χ0v) is 12.5. The minimum Gasteiger partial charge on any atom is -0.478 e. The normalized spacial score (nSPS) is 13.0. The van der Waals surface area contributed by atoms with Gasteiger partial charge in [0.1, 0.15) is 17.1 Å². The van der Waals surface area contributed by atoms with Gasteiger partial charge in [0.05, 0.1) is 0 Å². The molecule has 4 nitrogen and oxygen atoms in total. The predicted molar refractivity (Wildman–Crippen MR) is 76.9 cm³/mol. The van der Waals surface area contributed by atoms with E-state index >= 15 is 0 Å². The number of carboxylic acid groups (broad SMARTS) is 1. The van der Waals surface area contributed by atoms with Crippen LogP contribution in [0.2, 0.25) is 0 Å². The summed E-state index contributed by atoms with van der Waals surface area (Å²) in [6.07, 6.45) is -3.90. The Morgan fingerprint density at radius 3 is 2.67 bits per heavy atom. The van der Waals surface area contributed by atoms with Crippen molar-refractivity contribution in [2.24, 2.45) is 0 Å². The summed E-state index contributed by atoms with van der Waals surface area (Å²) in [7, 11) is 0. The lowest BCUT2D eigenvalue weighted by Crippen LogP contribution is -2.21. The van der Waals surface area contributed by atoms with Gasteiger partial charge in [-0.15, -0.1) is 0 Å². The molecule has 1 atom stereocenters. The number of halogens is 3. The van der Waals surface area contributed by atoms with Crippen LogP contribution in [0, 0.1) is 0 Å². The van der Waals surface area contributed by atoms with Crippen molar-refractivity contribution in [3.05, 3.63) is 23.4 Å². The van der Waals surface area contributed by atoms with Gasteiger partial charge in [-0.2, -0.15) is 24.9 Å². The Bertz CT molecular complexity index is 495. The zero-order valence-electron chi connectivity index (χ0n) is 11.7. The number of rotatable bonds is 7. The molecule has 1 aromatic heterocycles. The van der Waals surface area contributed by atoms with E-state index in [9.17, 15) is 18.0 Å². The molecule has 0 aromatic carbocycles. The molecule has 0 saturated heterocycles. The quantitative estimate of drug-likeness (QED) is 0.749. The highest BCUT2D eigenvalue weighted by Crippen LogP contribution is 2.29. The molecule has 1 aromatic rings. The average Bonchev–Trinajstić information content (AvgIpc) is 2.37. The Balaban J connectivity index is 2.93. The first-order valence-corrected chi connectivity index (χ1v) is 7.57. The van der Waals surface area contributed by atoms with Crippen molar-refractivity contribution >= 4 is 23.5 Å². The summed E-state index contributed by atoms with van der Waals surface area (Å²) in [4.78, 5) is 14.5. The topological polar surface area (TPSA) is 62.2 Å². The number of anilines is 1. The van der Waals surface area contributed by atoms with Crippen LogP contribution in [-0.4, -0.2) is 33.6 Å². The second kappa shape index (κ2) is 7.53. The molecule has 1 heterocycles. The van der Waals surface area contributed by atoms with Crippen molar-refractivity contribution in [1.82, 2.24) is 4.98 Å². The number of aromatic nitrogens is 1. The van der Waals surface area contributed by atoms with Crippen LogP contribution in [0.4, 0.5) is 19.0 Å². The molecule has 0 bridgehead atoms. The van der Waals surface area contributed by atoms with E-state index in [0.717, 1.165) is 17.6 Å². The van der Waals surface area contributed by atoms with Crippen molar-refractivity contribution < 1.29 is 23.1 Å². The SMILES string of the molecule is CCSCCC(C)Nc1nc(C(F)(F)F)ccc1C(=O)O. The van der Waals surface area contributed by atoms with E-state index in [4.69, 9.17) is 5.11 Å². The third kappa shape index (κ3) is 5.45. The van der Waals surface area contributed by atoms with E-state index in [0.29, 0.717) is 12.5 Å². The number of thioether (sulfide) groups is 1. The van der Waals surface area contributed by atoms with Crippen LogP contribution >= 0.6 is 11.8 Å². The van der Waals surface area contributed by atoms with Crippen molar-refractivity contribution in [2.75, 3.05) is 16.8 Å². The molecule has 0 aliphatic rings. The van der Waals surface area contributed by atoms with Crippen molar-refractivity contribution in [1.29, 1.82) is 0 Å². The summed E-state index contributed by atoms with van der Waals surface area (Å²) in [6.45, 7) is 3.80. The Kier molecular flexibility index (Phi) is 6.32.